The summed E-state index contributed by atoms with van der Waals surface area (Å²) in [6.45, 7) is -1.90. The number of carbonyl (C=O) groups is 1. The largest absolute Gasteiger partial charge is 0.390 e. The third-order valence-electron chi connectivity index (χ3n) is 5.48. The number of rotatable bonds is 9. The molecule has 0 saturated heterocycles. The highest BCUT2D eigenvalue weighted by molar-refractivity contribution is 7.11. The number of aromatic nitrogens is 4. The molecule has 3 aromatic heterocycles. The molecule has 0 bridgehead atoms. The molecule has 3 aromatic rings. The molecule has 4 rings (SSSR count). The number of alkyl halides is 2. The third kappa shape index (κ3) is 5.11. The molecular formula is C21H20F3N6O2S. The van der Waals surface area contributed by atoms with Crippen molar-refractivity contribution in [2.75, 3.05) is 25.0 Å². The highest BCUT2D eigenvalue weighted by Gasteiger charge is 2.41. The molecule has 173 valence electrons. The number of anilines is 1. The Morgan fingerprint density at radius 1 is 1.27 bits per heavy atom. The molecule has 1 aliphatic carbocycles. The molecule has 1 saturated carbocycles. The molecule has 3 heterocycles. The number of aliphatic hydroxyl groups is 1. The topological polar surface area (TPSA) is 113 Å². The first-order chi connectivity index (χ1) is 15.8. The first kappa shape index (κ1) is 23.1. The minimum Gasteiger partial charge on any atom is -0.390 e. The fourth-order valence-electron chi connectivity index (χ4n) is 3.48. The molecule has 0 aromatic carbocycles. The Labute approximate surface area is 191 Å². The summed E-state index contributed by atoms with van der Waals surface area (Å²) in [5, 5.41) is 24.7. The summed E-state index contributed by atoms with van der Waals surface area (Å²) in [6, 6.07) is 6.29. The zero-order valence-electron chi connectivity index (χ0n) is 17.3. The van der Waals surface area contributed by atoms with Crippen LogP contribution in [0.4, 0.5) is 19.0 Å². The van der Waals surface area contributed by atoms with E-state index in [0.29, 0.717) is 23.8 Å². The Morgan fingerprint density at radius 3 is 2.73 bits per heavy atom. The van der Waals surface area contributed by atoms with Crippen molar-refractivity contribution in [1.82, 2.24) is 25.5 Å². The smallest absolute Gasteiger partial charge is 0.287 e. The van der Waals surface area contributed by atoms with Gasteiger partial charge in [0.15, 0.2) is 5.01 Å². The number of nitrogens with zero attached hydrogens (tertiary/aromatic N) is 4. The van der Waals surface area contributed by atoms with Gasteiger partial charge in [0.05, 0.1) is 17.6 Å². The number of thiazole rings is 1. The minimum absolute atomic E-state index is 0.0629. The van der Waals surface area contributed by atoms with E-state index in [9.17, 15) is 18.0 Å². The molecule has 1 fully saturated rings. The maximum absolute atomic E-state index is 14.3. The second kappa shape index (κ2) is 9.40. The summed E-state index contributed by atoms with van der Waals surface area (Å²) in [6.07, 6.45) is 4.23. The normalized spacial score (nSPS) is 15.0. The number of pyridine rings is 1. The van der Waals surface area contributed by atoms with Crippen LogP contribution in [-0.2, 0) is 5.41 Å². The van der Waals surface area contributed by atoms with Gasteiger partial charge in [-0.2, -0.15) is 0 Å². The van der Waals surface area contributed by atoms with Crippen molar-refractivity contribution in [3.05, 3.63) is 52.4 Å². The Hall–Kier alpha value is -3.12. The molecule has 0 spiro atoms. The van der Waals surface area contributed by atoms with Crippen molar-refractivity contribution in [3.63, 3.8) is 0 Å². The van der Waals surface area contributed by atoms with Crippen LogP contribution in [0, 0.1) is 11.2 Å². The van der Waals surface area contributed by atoms with Gasteiger partial charge in [0.2, 0.25) is 0 Å². The lowest BCUT2D eigenvalue weighted by Crippen LogP contribution is -2.42. The molecule has 8 nitrogen and oxygen atoms in total. The number of amides is 1. The van der Waals surface area contributed by atoms with Crippen LogP contribution in [0.25, 0.3) is 11.4 Å². The van der Waals surface area contributed by atoms with Gasteiger partial charge in [0.1, 0.15) is 29.6 Å². The first-order valence-electron chi connectivity index (χ1n) is 10.2. The maximum Gasteiger partial charge on any atom is 0.287 e. The number of hydrogen-bond acceptors (Lipinski definition) is 8. The van der Waals surface area contributed by atoms with Crippen LogP contribution < -0.4 is 10.6 Å². The van der Waals surface area contributed by atoms with Gasteiger partial charge in [0.25, 0.3) is 11.8 Å². The van der Waals surface area contributed by atoms with Crippen molar-refractivity contribution < 1.29 is 23.1 Å². The predicted molar refractivity (Wildman–Crippen MR) is 115 cm³/mol. The molecule has 3 N–H and O–H groups in total. The van der Waals surface area contributed by atoms with Crippen molar-refractivity contribution in [2.24, 2.45) is 0 Å². The van der Waals surface area contributed by atoms with E-state index in [0.717, 1.165) is 30.6 Å². The van der Waals surface area contributed by atoms with E-state index >= 15 is 0 Å². The van der Waals surface area contributed by atoms with E-state index in [4.69, 9.17) is 5.11 Å². The predicted octanol–water partition coefficient (Wildman–Crippen LogP) is 2.83. The average Bonchev–Trinajstić information content (AvgIpc) is 3.29. The molecule has 12 heteroatoms. The standard InChI is InChI=1S/C21H20F3N6O2S/c22-13-3-1-8-25-17(13)20(6-2-7-20)10-26-16-5-4-14(29-30-16)15-9-33-19(28-15)18(32)27-11-21(23,24)12-31/h1,3-5,8,31H,2,6-7,10-12H2,(H,26,30)(H,27,32). The summed E-state index contributed by atoms with van der Waals surface area (Å²) in [7, 11) is 0. The van der Waals surface area contributed by atoms with Crippen LogP contribution in [0.2, 0.25) is 0 Å². The number of aliphatic hydroxyl groups excluding tert-OH is 1. The van der Waals surface area contributed by atoms with Gasteiger partial charge in [-0.15, -0.1) is 21.5 Å². The van der Waals surface area contributed by atoms with Crippen molar-refractivity contribution in [3.8, 4) is 11.4 Å². The summed E-state index contributed by atoms with van der Waals surface area (Å²) in [4.78, 5) is 20.3. The van der Waals surface area contributed by atoms with Gasteiger partial charge >= 0.3 is 0 Å². The quantitative estimate of drug-likeness (QED) is 0.434. The second-order valence-electron chi connectivity index (χ2n) is 7.79. The van der Waals surface area contributed by atoms with E-state index in [-0.39, 0.29) is 21.9 Å². The highest BCUT2D eigenvalue weighted by Crippen LogP contribution is 2.43. The second-order valence-corrected chi connectivity index (χ2v) is 8.59. The summed E-state index contributed by atoms with van der Waals surface area (Å²) >= 11 is 0.857. The maximum atomic E-state index is 14.3. The molecule has 33 heavy (non-hydrogen) atoms. The lowest BCUT2D eigenvalue weighted by Gasteiger charge is -2.41. The van der Waals surface area contributed by atoms with Crippen molar-refractivity contribution in [2.45, 2.75) is 30.6 Å². The zero-order valence-corrected chi connectivity index (χ0v) is 18.1. The van der Waals surface area contributed by atoms with E-state index < -0.39 is 25.0 Å². The van der Waals surface area contributed by atoms with Gasteiger partial charge < -0.3 is 15.7 Å². The SMILES string of the molecule is O=C(NCC(F)(F)CO)c1nc(-c2ccc(NCC3(c4ncccc4F)CCC3)nn2)[c]s1. The Balaban J connectivity index is 1.38. The Kier molecular flexibility index (Phi) is 6.56. The number of halogens is 3. The Bertz CT molecular complexity index is 1120. The Morgan fingerprint density at radius 2 is 2.09 bits per heavy atom. The lowest BCUT2D eigenvalue weighted by atomic mass is 9.66. The molecule has 1 aliphatic rings. The minimum atomic E-state index is -3.41. The fourth-order valence-corrected chi connectivity index (χ4v) is 4.13. The van der Waals surface area contributed by atoms with Crippen LogP contribution >= 0.6 is 11.3 Å². The monoisotopic (exact) mass is 477 g/mol. The van der Waals surface area contributed by atoms with E-state index in [1.165, 1.54) is 6.07 Å². The van der Waals surface area contributed by atoms with Crippen LogP contribution in [0.3, 0.4) is 0 Å². The molecule has 0 aliphatic heterocycles. The molecule has 1 amide bonds. The molecule has 0 unspecified atom stereocenters. The van der Waals surface area contributed by atoms with Crippen LogP contribution in [0.1, 0.15) is 34.8 Å². The van der Waals surface area contributed by atoms with E-state index in [1.54, 1.807) is 24.4 Å². The van der Waals surface area contributed by atoms with Gasteiger partial charge in [-0.1, -0.05) is 6.42 Å². The number of hydrogen-bond donors (Lipinski definition) is 3. The van der Waals surface area contributed by atoms with Crippen molar-refractivity contribution >= 4 is 23.1 Å². The number of nitrogens with one attached hydrogen (secondary N) is 2. The van der Waals surface area contributed by atoms with Crippen molar-refractivity contribution in [1.29, 1.82) is 0 Å². The van der Waals surface area contributed by atoms with E-state index in [2.05, 4.69) is 30.9 Å². The van der Waals surface area contributed by atoms with Gasteiger partial charge in [-0.25, -0.2) is 18.2 Å². The lowest BCUT2D eigenvalue weighted by molar-refractivity contribution is -0.0462. The molecule has 1 radical (unpaired) electrons. The molecular weight excluding hydrogens is 457 g/mol. The van der Waals surface area contributed by atoms with Gasteiger partial charge in [0, 0.05) is 18.2 Å². The summed E-state index contributed by atoms with van der Waals surface area (Å²) in [5.74, 6) is -4.04. The summed E-state index contributed by atoms with van der Waals surface area (Å²) < 4.78 is 40.4. The third-order valence-corrected chi connectivity index (χ3v) is 6.24. The van der Waals surface area contributed by atoms with Gasteiger partial charge in [-0.3, -0.25) is 9.78 Å². The number of carbonyl (C=O) groups excluding carboxylic acids is 1. The van der Waals surface area contributed by atoms with Crippen LogP contribution in [-0.4, -0.2) is 56.8 Å². The highest BCUT2D eigenvalue weighted by atomic mass is 32.1. The molecule has 0 atom stereocenters. The van der Waals surface area contributed by atoms with Crippen LogP contribution in [0.15, 0.2) is 30.5 Å². The van der Waals surface area contributed by atoms with Gasteiger partial charge in [-0.05, 0) is 37.1 Å². The fraction of sp³-hybridized carbons (Fsp3) is 0.381. The average molecular weight is 477 g/mol. The summed E-state index contributed by atoms with van der Waals surface area (Å²) in [5.41, 5.74) is 0.673. The first-order valence-corrected chi connectivity index (χ1v) is 11.0. The zero-order chi connectivity index (χ0) is 23.5. The van der Waals surface area contributed by atoms with Crippen LogP contribution in [0.5, 0.6) is 0 Å². The van der Waals surface area contributed by atoms with E-state index in [1.807, 2.05) is 5.32 Å².